The van der Waals surface area contributed by atoms with Gasteiger partial charge in [-0.25, -0.2) is 0 Å². The van der Waals surface area contributed by atoms with E-state index >= 15 is 0 Å². The molecule has 0 aliphatic carbocycles. The second-order valence-electron chi connectivity index (χ2n) is 3.70. The van der Waals surface area contributed by atoms with Crippen molar-refractivity contribution in [1.82, 2.24) is 0 Å². The van der Waals surface area contributed by atoms with Crippen LogP contribution >= 0.6 is 0 Å². The van der Waals surface area contributed by atoms with Crippen LogP contribution in [0.15, 0.2) is 30.3 Å². The summed E-state index contributed by atoms with van der Waals surface area (Å²) in [5, 5.41) is 0. The molecule has 0 bridgehead atoms. The van der Waals surface area contributed by atoms with E-state index in [0.29, 0.717) is 0 Å². The highest BCUT2D eigenvalue weighted by Crippen LogP contribution is 2.21. The molecule has 1 amide bonds. The van der Waals surface area contributed by atoms with Crippen molar-refractivity contribution in [3.05, 3.63) is 42.3 Å². The van der Waals surface area contributed by atoms with E-state index in [9.17, 15) is 4.79 Å². The molecule has 0 aromatic heterocycles. The van der Waals surface area contributed by atoms with Gasteiger partial charge in [-0.15, -0.1) is 0 Å². The molecule has 0 saturated carbocycles. The van der Waals surface area contributed by atoms with Crippen LogP contribution in [-0.4, -0.2) is 5.91 Å². The molecule has 1 aromatic rings. The van der Waals surface area contributed by atoms with Crippen LogP contribution in [0.5, 0.6) is 0 Å². The van der Waals surface area contributed by atoms with Gasteiger partial charge in [-0.05, 0) is 18.4 Å². The highest BCUT2D eigenvalue weighted by molar-refractivity contribution is 5.81. The van der Waals surface area contributed by atoms with Gasteiger partial charge in [0, 0.05) is 0 Å². The molecule has 81 valence electrons. The Labute approximate surface area is 91.5 Å². The zero-order valence-corrected chi connectivity index (χ0v) is 9.15. The van der Waals surface area contributed by atoms with Crippen LogP contribution in [0, 0.1) is 6.42 Å². The number of unbranched alkanes of at least 4 members (excludes halogenated alkanes) is 2. The van der Waals surface area contributed by atoms with Gasteiger partial charge in [0.1, 0.15) is 0 Å². The van der Waals surface area contributed by atoms with E-state index in [1.165, 1.54) is 0 Å². The van der Waals surface area contributed by atoms with Crippen molar-refractivity contribution in [2.45, 2.75) is 32.1 Å². The fourth-order valence-corrected chi connectivity index (χ4v) is 1.68. The summed E-state index contributed by atoms with van der Waals surface area (Å²) < 4.78 is 0. The van der Waals surface area contributed by atoms with Gasteiger partial charge in [-0.2, -0.15) is 0 Å². The van der Waals surface area contributed by atoms with Crippen LogP contribution in [0.4, 0.5) is 0 Å². The SMILES string of the molecule is C[CH]CCCC(C(N)=O)c1ccccc1. The molecule has 0 spiro atoms. The molecule has 1 rings (SSSR count). The van der Waals surface area contributed by atoms with E-state index in [1.807, 2.05) is 37.3 Å². The number of amides is 1. The number of hydrogen-bond donors (Lipinski definition) is 1. The second kappa shape index (κ2) is 6.23. The molecular formula is C13H18NO. The van der Waals surface area contributed by atoms with Crippen molar-refractivity contribution in [2.24, 2.45) is 5.73 Å². The molecule has 15 heavy (non-hydrogen) atoms. The molecule has 2 nitrogen and oxygen atoms in total. The predicted octanol–water partition coefficient (Wildman–Crippen LogP) is 2.65. The maximum atomic E-state index is 11.3. The minimum atomic E-state index is -0.225. The first-order valence-electron chi connectivity index (χ1n) is 5.37. The average molecular weight is 204 g/mol. The van der Waals surface area contributed by atoms with E-state index in [4.69, 9.17) is 5.73 Å². The van der Waals surface area contributed by atoms with Crippen LogP contribution in [-0.2, 0) is 4.79 Å². The van der Waals surface area contributed by atoms with Crippen LogP contribution in [0.2, 0.25) is 0 Å². The molecule has 1 atom stereocenters. The maximum absolute atomic E-state index is 11.3. The first-order chi connectivity index (χ1) is 7.25. The molecule has 0 fully saturated rings. The number of carbonyl (C=O) groups is 1. The summed E-state index contributed by atoms with van der Waals surface area (Å²) in [5.74, 6) is -0.358. The summed E-state index contributed by atoms with van der Waals surface area (Å²) >= 11 is 0. The van der Waals surface area contributed by atoms with Crippen LogP contribution in [0.3, 0.4) is 0 Å². The molecule has 0 aliphatic rings. The Hall–Kier alpha value is -1.31. The van der Waals surface area contributed by atoms with Gasteiger partial charge in [0.15, 0.2) is 0 Å². The Morgan fingerprint density at radius 1 is 1.40 bits per heavy atom. The maximum Gasteiger partial charge on any atom is 0.224 e. The molecular weight excluding hydrogens is 186 g/mol. The first kappa shape index (κ1) is 11.8. The van der Waals surface area contributed by atoms with Gasteiger partial charge in [0.05, 0.1) is 5.92 Å². The topological polar surface area (TPSA) is 43.1 Å². The number of primary amides is 1. The molecule has 0 saturated heterocycles. The van der Waals surface area contributed by atoms with Gasteiger partial charge in [0.2, 0.25) is 5.91 Å². The summed E-state index contributed by atoms with van der Waals surface area (Å²) in [6.07, 6.45) is 5.00. The fourth-order valence-electron chi connectivity index (χ4n) is 1.68. The van der Waals surface area contributed by atoms with Gasteiger partial charge in [-0.3, -0.25) is 4.79 Å². The van der Waals surface area contributed by atoms with E-state index in [-0.39, 0.29) is 11.8 Å². The largest absolute Gasteiger partial charge is 0.369 e. The zero-order valence-electron chi connectivity index (χ0n) is 9.15. The van der Waals surface area contributed by atoms with Crippen molar-refractivity contribution < 1.29 is 4.79 Å². The molecule has 2 heteroatoms. The standard InChI is InChI=1S/C13H18NO/c1-2-3-5-10-12(13(14)15)11-8-6-4-7-9-11/h2,4,6-9,12H,3,5,10H2,1H3,(H2,14,15). The third-order valence-corrected chi connectivity index (χ3v) is 2.53. The molecule has 2 N–H and O–H groups in total. The highest BCUT2D eigenvalue weighted by Gasteiger charge is 2.16. The summed E-state index contributed by atoms with van der Waals surface area (Å²) in [7, 11) is 0. The Bertz CT molecular complexity index is 295. The average Bonchev–Trinajstić information content (AvgIpc) is 2.25. The van der Waals surface area contributed by atoms with Crippen LogP contribution in [0.1, 0.15) is 37.7 Å². The lowest BCUT2D eigenvalue weighted by Gasteiger charge is -2.13. The van der Waals surface area contributed by atoms with E-state index in [2.05, 4.69) is 6.42 Å². The minimum absolute atomic E-state index is 0.133. The Morgan fingerprint density at radius 2 is 2.07 bits per heavy atom. The van der Waals surface area contributed by atoms with Gasteiger partial charge < -0.3 is 5.73 Å². The number of benzene rings is 1. The van der Waals surface area contributed by atoms with Gasteiger partial charge in [-0.1, -0.05) is 50.1 Å². The zero-order chi connectivity index (χ0) is 11.1. The highest BCUT2D eigenvalue weighted by atomic mass is 16.1. The number of carbonyl (C=O) groups excluding carboxylic acids is 1. The number of hydrogen-bond acceptors (Lipinski definition) is 1. The third-order valence-electron chi connectivity index (χ3n) is 2.53. The number of nitrogens with two attached hydrogens (primary N) is 1. The summed E-state index contributed by atoms with van der Waals surface area (Å²) in [4.78, 5) is 11.3. The monoisotopic (exact) mass is 204 g/mol. The predicted molar refractivity (Wildman–Crippen MR) is 62.2 cm³/mol. The van der Waals surface area contributed by atoms with Crippen LogP contribution < -0.4 is 5.73 Å². The normalized spacial score (nSPS) is 12.3. The lowest BCUT2D eigenvalue weighted by atomic mass is 9.93. The molecule has 1 aromatic carbocycles. The van der Waals surface area contributed by atoms with Crippen molar-refractivity contribution in [3.63, 3.8) is 0 Å². The second-order valence-corrected chi connectivity index (χ2v) is 3.70. The fraction of sp³-hybridized carbons (Fsp3) is 0.385. The minimum Gasteiger partial charge on any atom is -0.369 e. The first-order valence-corrected chi connectivity index (χ1v) is 5.37. The third kappa shape index (κ3) is 3.74. The summed E-state index contributed by atoms with van der Waals surface area (Å²) in [5.41, 5.74) is 6.43. The summed E-state index contributed by atoms with van der Waals surface area (Å²) in [6.45, 7) is 2.03. The lowest BCUT2D eigenvalue weighted by molar-refractivity contribution is -0.119. The molecule has 1 radical (unpaired) electrons. The van der Waals surface area contributed by atoms with Crippen LogP contribution in [0.25, 0.3) is 0 Å². The van der Waals surface area contributed by atoms with E-state index in [1.54, 1.807) is 0 Å². The van der Waals surface area contributed by atoms with Gasteiger partial charge >= 0.3 is 0 Å². The number of rotatable bonds is 6. The van der Waals surface area contributed by atoms with Crippen molar-refractivity contribution in [2.75, 3.05) is 0 Å². The van der Waals surface area contributed by atoms with Crippen molar-refractivity contribution in [1.29, 1.82) is 0 Å². The molecule has 0 aliphatic heterocycles. The quantitative estimate of drug-likeness (QED) is 0.711. The summed E-state index contributed by atoms with van der Waals surface area (Å²) in [6, 6.07) is 9.76. The Kier molecular flexibility index (Phi) is 4.88. The Balaban J connectivity index is 2.62. The van der Waals surface area contributed by atoms with E-state index in [0.717, 1.165) is 24.8 Å². The van der Waals surface area contributed by atoms with Crippen molar-refractivity contribution >= 4 is 5.91 Å². The van der Waals surface area contributed by atoms with Gasteiger partial charge in [0.25, 0.3) is 0 Å². The Morgan fingerprint density at radius 3 is 2.60 bits per heavy atom. The smallest absolute Gasteiger partial charge is 0.224 e. The van der Waals surface area contributed by atoms with E-state index < -0.39 is 0 Å². The molecule has 0 heterocycles. The lowest BCUT2D eigenvalue weighted by Crippen LogP contribution is -2.21. The molecule has 1 unspecified atom stereocenters. The van der Waals surface area contributed by atoms with Crippen molar-refractivity contribution in [3.8, 4) is 0 Å².